The van der Waals surface area contributed by atoms with Gasteiger partial charge in [0.2, 0.25) is 0 Å². The summed E-state index contributed by atoms with van der Waals surface area (Å²) in [6.45, 7) is 4.01. The maximum atomic E-state index is 12.4. The van der Waals surface area contributed by atoms with Crippen molar-refractivity contribution >= 4 is 10.8 Å². The largest absolute Gasteiger partial charge is 0.297 e. The maximum absolute atomic E-state index is 12.4. The molecule has 0 unspecified atom stereocenters. The van der Waals surface area contributed by atoms with E-state index in [0.717, 1.165) is 13.1 Å². The van der Waals surface area contributed by atoms with Crippen LogP contribution in [0.25, 0.3) is 10.8 Å². The minimum Gasteiger partial charge on any atom is -0.297 e. The lowest BCUT2D eigenvalue weighted by molar-refractivity contribution is 0.252. The molecule has 0 bridgehead atoms. The molecule has 0 heterocycles. The second kappa shape index (κ2) is 5.78. The lowest BCUT2D eigenvalue weighted by Gasteiger charge is -2.19. The number of benzene rings is 2. The first kappa shape index (κ1) is 12.1. The van der Waals surface area contributed by atoms with E-state index >= 15 is 0 Å². The number of fused-ring (bicyclic) bond motifs is 1. The molecule has 0 aromatic heterocycles. The molecule has 0 N–H and O–H groups in total. The Balaban J connectivity index is 2.28. The Hall–Kier alpha value is -1.41. The minimum atomic E-state index is -0.279. The van der Waals surface area contributed by atoms with Gasteiger partial charge in [-0.1, -0.05) is 49.4 Å². The van der Waals surface area contributed by atoms with Crippen LogP contribution in [0, 0.1) is 0 Å². The van der Waals surface area contributed by atoms with Crippen LogP contribution in [0.2, 0.25) is 0 Å². The van der Waals surface area contributed by atoms with Gasteiger partial charge in [0.05, 0.1) is 0 Å². The smallest absolute Gasteiger partial charge is 0.102 e. The van der Waals surface area contributed by atoms with Crippen LogP contribution in [0.15, 0.2) is 42.5 Å². The van der Waals surface area contributed by atoms with E-state index in [4.69, 9.17) is 0 Å². The fraction of sp³-hybridized carbons (Fsp3) is 0.333. The van der Waals surface area contributed by atoms with Gasteiger partial charge in [-0.05, 0) is 22.9 Å². The van der Waals surface area contributed by atoms with Gasteiger partial charge in [0.25, 0.3) is 0 Å². The quantitative estimate of drug-likeness (QED) is 0.759. The molecule has 2 aromatic rings. The average molecular weight is 231 g/mol. The molecule has 2 aromatic carbocycles. The summed E-state index contributed by atoms with van der Waals surface area (Å²) in [5.74, 6) is 0. The first-order valence-corrected chi connectivity index (χ1v) is 6.10. The van der Waals surface area contributed by atoms with E-state index in [-0.39, 0.29) is 6.67 Å². The molecule has 0 radical (unpaired) electrons. The van der Waals surface area contributed by atoms with Gasteiger partial charge in [-0.25, -0.2) is 4.39 Å². The van der Waals surface area contributed by atoms with Crippen molar-refractivity contribution in [3.05, 3.63) is 48.0 Å². The summed E-state index contributed by atoms with van der Waals surface area (Å²) in [7, 11) is 0. The number of halogens is 1. The summed E-state index contributed by atoms with van der Waals surface area (Å²) in [4.78, 5) is 2.13. The summed E-state index contributed by atoms with van der Waals surface area (Å²) in [6.07, 6.45) is 0. The van der Waals surface area contributed by atoms with E-state index in [0.29, 0.717) is 6.54 Å². The molecule has 1 nitrogen and oxygen atoms in total. The molecule has 0 atom stereocenters. The SMILES string of the molecule is CCN(CCF)Cc1cccc2ccccc12. The second-order valence-corrected chi connectivity index (χ2v) is 4.20. The van der Waals surface area contributed by atoms with Gasteiger partial charge < -0.3 is 0 Å². The first-order chi connectivity index (χ1) is 8.35. The molecule has 0 aliphatic carbocycles. The van der Waals surface area contributed by atoms with Gasteiger partial charge in [0, 0.05) is 13.1 Å². The van der Waals surface area contributed by atoms with Gasteiger partial charge in [0.15, 0.2) is 0 Å². The highest BCUT2D eigenvalue weighted by molar-refractivity contribution is 5.85. The van der Waals surface area contributed by atoms with Gasteiger partial charge >= 0.3 is 0 Å². The summed E-state index contributed by atoms with van der Waals surface area (Å²) < 4.78 is 12.4. The number of alkyl halides is 1. The van der Waals surface area contributed by atoms with E-state index in [1.165, 1.54) is 16.3 Å². The zero-order chi connectivity index (χ0) is 12.1. The molecular formula is C15H18FN. The van der Waals surface area contributed by atoms with Crippen molar-refractivity contribution in [3.8, 4) is 0 Å². The van der Waals surface area contributed by atoms with Crippen molar-refractivity contribution in [2.24, 2.45) is 0 Å². The predicted molar refractivity (Wildman–Crippen MR) is 70.9 cm³/mol. The summed E-state index contributed by atoms with van der Waals surface area (Å²) >= 11 is 0. The Kier molecular flexibility index (Phi) is 4.10. The Labute approximate surface area is 102 Å². The Morgan fingerprint density at radius 3 is 2.59 bits per heavy atom. The van der Waals surface area contributed by atoms with Crippen LogP contribution in [0.4, 0.5) is 4.39 Å². The number of nitrogens with zero attached hydrogens (tertiary/aromatic N) is 1. The second-order valence-electron chi connectivity index (χ2n) is 4.20. The molecule has 0 spiro atoms. The van der Waals surface area contributed by atoms with Crippen LogP contribution >= 0.6 is 0 Å². The topological polar surface area (TPSA) is 3.24 Å². The van der Waals surface area contributed by atoms with Gasteiger partial charge in [-0.2, -0.15) is 0 Å². The maximum Gasteiger partial charge on any atom is 0.102 e. The normalized spacial score (nSPS) is 11.2. The van der Waals surface area contributed by atoms with E-state index in [1.54, 1.807) is 0 Å². The predicted octanol–water partition coefficient (Wildman–Crippen LogP) is 3.63. The third-order valence-corrected chi connectivity index (χ3v) is 3.12. The fourth-order valence-corrected chi connectivity index (χ4v) is 2.14. The van der Waals surface area contributed by atoms with E-state index in [9.17, 15) is 4.39 Å². The van der Waals surface area contributed by atoms with Crippen LogP contribution in [-0.4, -0.2) is 24.7 Å². The molecule has 2 heteroatoms. The lowest BCUT2D eigenvalue weighted by atomic mass is 10.0. The van der Waals surface area contributed by atoms with E-state index in [1.807, 2.05) is 6.07 Å². The lowest BCUT2D eigenvalue weighted by Crippen LogP contribution is -2.25. The molecule has 0 aliphatic rings. The molecular weight excluding hydrogens is 213 g/mol. The zero-order valence-corrected chi connectivity index (χ0v) is 10.2. The molecule has 0 saturated heterocycles. The highest BCUT2D eigenvalue weighted by atomic mass is 19.1. The Morgan fingerprint density at radius 1 is 1.06 bits per heavy atom. The fourth-order valence-electron chi connectivity index (χ4n) is 2.14. The van der Waals surface area contributed by atoms with Crippen LogP contribution in [-0.2, 0) is 6.54 Å². The summed E-state index contributed by atoms with van der Waals surface area (Å²) in [5, 5.41) is 2.52. The average Bonchev–Trinajstić information content (AvgIpc) is 2.38. The van der Waals surface area contributed by atoms with Crippen LogP contribution in [0.1, 0.15) is 12.5 Å². The molecule has 0 saturated carbocycles. The van der Waals surface area contributed by atoms with Crippen LogP contribution in [0.5, 0.6) is 0 Å². The summed E-state index contributed by atoms with van der Waals surface area (Å²) in [5.41, 5.74) is 1.28. The van der Waals surface area contributed by atoms with Crippen molar-refractivity contribution in [1.29, 1.82) is 0 Å². The van der Waals surface area contributed by atoms with Gasteiger partial charge in [-0.15, -0.1) is 0 Å². The number of hydrogen-bond donors (Lipinski definition) is 0. The summed E-state index contributed by atoms with van der Waals surface area (Å²) in [6, 6.07) is 14.7. The van der Waals surface area contributed by atoms with Gasteiger partial charge in [0.1, 0.15) is 6.67 Å². The van der Waals surface area contributed by atoms with Crippen molar-refractivity contribution in [3.63, 3.8) is 0 Å². The molecule has 2 rings (SSSR count). The zero-order valence-electron chi connectivity index (χ0n) is 10.2. The van der Waals surface area contributed by atoms with Crippen LogP contribution in [0.3, 0.4) is 0 Å². The van der Waals surface area contributed by atoms with E-state index in [2.05, 4.69) is 48.2 Å². The molecule has 0 aliphatic heterocycles. The van der Waals surface area contributed by atoms with Crippen molar-refractivity contribution in [2.45, 2.75) is 13.5 Å². The van der Waals surface area contributed by atoms with Crippen LogP contribution < -0.4 is 0 Å². The van der Waals surface area contributed by atoms with Crippen molar-refractivity contribution in [2.75, 3.05) is 19.8 Å². The first-order valence-electron chi connectivity index (χ1n) is 6.10. The number of rotatable bonds is 5. The third kappa shape index (κ3) is 2.83. The molecule has 17 heavy (non-hydrogen) atoms. The monoisotopic (exact) mass is 231 g/mol. The van der Waals surface area contributed by atoms with Crippen molar-refractivity contribution < 1.29 is 4.39 Å². The van der Waals surface area contributed by atoms with E-state index < -0.39 is 0 Å². The molecule has 0 fully saturated rings. The number of hydrogen-bond acceptors (Lipinski definition) is 1. The molecule has 0 amide bonds. The van der Waals surface area contributed by atoms with Gasteiger partial charge in [-0.3, -0.25) is 4.90 Å². The Bertz CT molecular complexity index is 476. The molecule has 90 valence electrons. The Morgan fingerprint density at radius 2 is 1.82 bits per heavy atom. The highest BCUT2D eigenvalue weighted by Gasteiger charge is 2.06. The van der Waals surface area contributed by atoms with Crippen molar-refractivity contribution in [1.82, 2.24) is 4.90 Å². The minimum absolute atomic E-state index is 0.279. The standard InChI is InChI=1S/C15H18FN/c1-2-17(11-10-16)12-14-8-5-7-13-6-3-4-9-15(13)14/h3-9H,2,10-12H2,1H3. The third-order valence-electron chi connectivity index (χ3n) is 3.12. The highest BCUT2D eigenvalue weighted by Crippen LogP contribution is 2.19.